The third-order valence-electron chi connectivity index (χ3n) is 7.46. The van der Waals surface area contributed by atoms with Crippen LogP contribution < -0.4 is 5.73 Å². The lowest BCUT2D eigenvalue weighted by Crippen LogP contribution is -2.63. The highest BCUT2D eigenvalue weighted by Crippen LogP contribution is 2.52. The first kappa shape index (κ1) is 34.1. The Morgan fingerprint density at radius 1 is 1.08 bits per heavy atom. The normalized spacial score (nSPS) is 28.3. The molecule has 220 valence electrons. The molecule has 2 bridgehead atoms. The summed E-state index contributed by atoms with van der Waals surface area (Å²) in [6, 6.07) is 0. The van der Waals surface area contributed by atoms with Crippen LogP contribution in [0.4, 0.5) is 4.79 Å². The highest BCUT2D eigenvalue weighted by molar-refractivity contribution is 5.83. The molecule has 9 heteroatoms. The number of nitrogens with zero attached hydrogens (tertiary/aromatic N) is 3. The number of ether oxygens (including phenoxy) is 3. The van der Waals surface area contributed by atoms with Gasteiger partial charge in [-0.25, -0.2) is 10.1 Å². The molecule has 3 aliphatic rings. The molecular formula is C29H54N4O5. The van der Waals surface area contributed by atoms with E-state index in [1.807, 2.05) is 39.5 Å². The molecule has 4 atom stereocenters. The average Bonchev–Trinajstić information content (AvgIpc) is 3.38. The average molecular weight is 539 g/mol. The minimum absolute atomic E-state index is 0.0128. The van der Waals surface area contributed by atoms with E-state index in [1.54, 1.807) is 4.90 Å². The zero-order chi connectivity index (χ0) is 29.0. The molecule has 0 radical (unpaired) electrons. The molecule has 1 saturated heterocycles. The summed E-state index contributed by atoms with van der Waals surface area (Å²) >= 11 is 0. The first-order valence-electron chi connectivity index (χ1n) is 14.4. The van der Waals surface area contributed by atoms with Crippen LogP contribution in [0.3, 0.4) is 0 Å². The molecule has 1 heterocycles. The molecule has 2 amide bonds. The van der Waals surface area contributed by atoms with Crippen LogP contribution in [0.5, 0.6) is 0 Å². The second-order valence-electron chi connectivity index (χ2n) is 12.1. The highest BCUT2D eigenvalue weighted by Gasteiger charge is 2.54. The number of fused-ring (bicyclic) bond motifs is 2. The van der Waals surface area contributed by atoms with Crippen molar-refractivity contribution < 1.29 is 23.8 Å². The monoisotopic (exact) mass is 538 g/mol. The molecule has 3 rings (SSSR count). The first-order valence-corrected chi connectivity index (χ1v) is 14.4. The molecule has 1 aliphatic heterocycles. The highest BCUT2D eigenvalue weighted by atomic mass is 16.6. The van der Waals surface area contributed by atoms with E-state index in [9.17, 15) is 9.59 Å². The van der Waals surface area contributed by atoms with Crippen molar-refractivity contribution >= 4 is 12.0 Å². The molecule has 0 aromatic carbocycles. The van der Waals surface area contributed by atoms with E-state index in [0.29, 0.717) is 44.6 Å². The molecule has 3 unspecified atom stereocenters. The van der Waals surface area contributed by atoms with E-state index in [4.69, 9.17) is 25.2 Å². The van der Waals surface area contributed by atoms with Crippen molar-refractivity contribution in [3.05, 3.63) is 0 Å². The maximum atomic E-state index is 13.5. The van der Waals surface area contributed by atoms with Gasteiger partial charge >= 0.3 is 6.09 Å². The molecule has 0 spiro atoms. The van der Waals surface area contributed by atoms with Crippen LogP contribution in [0.25, 0.3) is 0 Å². The van der Waals surface area contributed by atoms with Gasteiger partial charge in [-0.2, -0.15) is 0 Å². The summed E-state index contributed by atoms with van der Waals surface area (Å²) in [5, 5.41) is 6.50. The van der Waals surface area contributed by atoms with Crippen LogP contribution in [-0.2, 0) is 19.0 Å². The van der Waals surface area contributed by atoms with Crippen molar-refractivity contribution in [2.45, 2.75) is 110 Å². The Hall–Kier alpha value is -1.89. The van der Waals surface area contributed by atoms with E-state index in [-0.39, 0.29) is 18.1 Å². The van der Waals surface area contributed by atoms with Crippen molar-refractivity contribution in [1.82, 2.24) is 9.80 Å². The summed E-state index contributed by atoms with van der Waals surface area (Å²) in [5.41, 5.74) is 4.07. The number of nitrogens with two attached hydrogens (primary N) is 1. The lowest BCUT2D eigenvalue weighted by atomic mass is 9.59. The van der Waals surface area contributed by atoms with Gasteiger partial charge in [0, 0.05) is 31.7 Å². The van der Waals surface area contributed by atoms with E-state index in [0.717, 1.165) is 51.6 Å². The number of rotatable bonds is 9. The first-order chi connectivity index (χ1) is 18.0. The molecule has 0 aromatic rings. The van der Waals surface area contributed by atoms with Crippen molar-refractivity contribution in [2.75, 3.05) is 46.0 Å². The quantitative estimate of drug-likeness (QED) is 0.422. The largest absolute Gasteiger partial charge is 0.444 e. The van der Waals surface area contributed by atoms with Gasteiger partial charge in [0.1, 0.15) is 12.1 Å². The maximum absolute atomic E-state index is 13.5. The minimum atomic E-state index is -0.629. The predicted octanol–water partition coefficient (Wildman–Crippen LogP) is 4.73. The zero-order valence-electron chi connectivity index (χ0n) is 25.1. The number of hydrogen-bond donors (Lipinski definition) is 1. The Morgan fingerprint density at radius 3 is 2.29 bits per heavy atom. The van der Waals surface area contributed by atoms with Gasteiger partial charge in [-0.3, -0.25) is 9.69 Å². The van der Waals surface area contributed by atoms with Gasteiger partial charge in [-0.1, -0.05) is 20.8 Å². The fraction of sp³-hybridized carbons (Fsp3) is 0.897. The molecule has 3 fully saturated rings. The smallest absolute Gasteiger partial charge is 0.411 e. The molecule has 9 nitrogen and oxygen atoms in total. The number of amides is 2. The second kappa shape index (κ2) is 15.6. The predicted molar refractivity (Wildman–Crippen MR) is 149 cm³/mol. The number of carbonyl (C=O) groups is 2. The molecule has 0 aromatic heterocycles. The topological polar surface area (TPSA) is 118 Å². The van der Waals surface area contributed by atoms with Crippen molar-refractivity contribution in [2.24, 2.45) is 17.6 Å². The third kappa shape index (κ3) is 10.0. The van der Waals surface area contributed by atoms with Crippen molar-refractivity contribution in [3.63, 3.8) is 0 Å². The zero-order valence-corrected chi connectivity index (χ0v) is 25.1. The summed E-state index contributed by atoms with van der Waals surface area (Å²) in [4.78, 5) is 30.3. The Morgan fingerprint density at radius 2 is 1.71 bits per heavy atom. The van der Waals surface area contributed by atoms with Crippen LogP contribution in [0.2, 0.25) is 0 Å². The van der Waals surface area contributed by atoms with Crippen LogP contribution >= 0.6 is 0 Å². The van der Waals surface area contributed by atoms with Gasteiger partial charge in [-0.15, -0.1) is 0 Å². The summed E-state index contributed by atoms with van der Waals surface area (Å²) in [6.45, 7) is 21.2. The third-order valence-corrected chi connectivity index (χ3v) is 7.46. The molecule has 38 heavy (non-hydrogen) atoms. The lowest BCUT2D eigenvalue weighted by molar-refractivity contribution is -0.164. The van der Waals surface area contributed by atoms with E-state index in [2.05, 4.69) is 20.4 Å². The molecular weight excluding hydrogens is 484 g/mol. The number of carbonyl (C=O) groups excluding carboxylic acids is 2. The van der Waals surface area contributed by atoms with Gasteiger partial charge in [0.05, 0.1) is 25.4 Å². The standard InChI is InChI=1S/C26H47N3O5.C2H6.CHN/c1-20-14-21-16-25(5,19-26(15-20,17-21)33-13-12-32-11-8-27)29(23(31)34-24(2,3)4)18-22(30)28-9-6-7-10-28;2*1-2/h20-21H,6-19,27H2,1-5H3;1-2H3;1H/t20?,21?,25?,26-;;/m1../s1. The molecule has 2 saturated carbocycles. The number of hydrogen-bond acceptors (Lipinski definition) is 7. The second-order valence-corrected chi connectivity index (χ2v) is 12.1. The minimum Gasteiger partial charge on any atom is -0.444 e. The van der Waals surface area contributed by atoms with E-state index in [1.165, 1.54) is 0 Å². The fourth-order valence-corrected chi connectivity index (χ4v) is 6.54. The SMILES string of the molecule is C#N.CC.CC1CC2CC(C)(N(CC(=O)N3CCCC3)C(=O)OC(C)(C)C)C[C@@](OCCOCCN)(C1)C2. The number of nitriles is 1. The van der Waals surface area contributed by atoms with Gasteiger partial charge in [0.15, 0.2) is 0 Å². The summed E-state index contributed by atoms with van der Waals surface area (Å²) in [7, 11) is 0. The Bertz CT molecular complexity index is 745. The fourth-order valence-electron chi connectivity index (χ4n) is 6.54. The Kier molecular flexibility index (Phi) is 14.0. The number of likely N-dealkylation sites (tertiary alicyclic amines) is 1. The summed E-state index contributed by atoms with van der Waals surface area (Å²) in [6.07, 6.45) is 6.27. The molecule has 2 aliphatic carbocycles. The summed E-state index contributed by atoms with van der Waals surface area (Å²) < 4.78 is 17.9. The van der Waals surface area contributed by atoms with Crippen LogP contribution in [0.1, 0.15) is 93.4 Å². The van der Waals surface area contributed by atoms with Gasteiger partial charge in [-0.05, 0) is 84.5 Å². The summed E-state index contributed by atoms with van der Waals surface area (Å²) in [5.74, 6) is 1.02. The molecule has 2 N–H and O–H groups in total. The van der Waals surface area contributed by atoms with Crippen molar-refractivity contribution in [3.8, 4) is 6.57 Å². The Balaban J connectivity index is 0.00000172. The van der Waals surface area contributed by atoms with Gasteiger partial charge in [0.25, 0.3) is 0 Å². The maximum Gasteiger partial charge on any atom is 0.411 e. The van der Waals surface area contributed by atoms with E-state index < -0.39 is 17.2 Å². The Labute approximate surface area is 231 Å². The van der Waals surface area contributed by atoms with Crippen molar-refractivity contribution in [1.29, 1.82) is 5.26 Å². The van der Waals surface area contributed by atoms with Gasteiger partial charge < -0.3 is 24.8 Å². The van der Waals surface area contributed by atoms with Crippen LogP contribution in [-0.4, -0.2) is 84.5 Å². The van der Waals surface area contributed by atoms with Gasteiger partial charge in [0.2, 0.25) is 5.91 Å². The lowest BCUT2D eigenvalue weighted by Gasteiger charge is -2.56. The van der Waals surface area contributed by atoms with Crippen LogP contribution in [0, 0.1) is 23.7 Å². The van der Waals surface area contributed by atoms with Crippen LogP contribution in [0.15, 0.2) is 0 Å². The van der Waals surface area contributed by atoms with E-state index >= 15 is 0 Å².